The van der Waals surface area contributed by atoms with Gasteiger partial charge in [-0.05, 0) is 36.6 Å². The van der Waals surface area contributed by atoms with E-state index in [1.807, 2.05) is 35.0 Å². The zero-order chi connectivity index (χ0) is 16.9. The van der Waals surface area contributed by atoms with Crippen molar-refractivity contribution in [2.24, 2.45) is 5.41 Å². The molecular weight excluding hydrogens is 326 g/mol. The van der Waals surface area contributed by atoms with Crippen LogP contribution < -0.4 is 5.32 Å². The van der Waals surface area contributed by atoms with E-state index in [9.17, 15) is 9.59 Å². The van der Waals surface area contributed by atoms with Gasteiger partial charge in [0.15, 0.2) is 0 Å². The highest BCUT2D eigenvalue weighted by molar-refractivity contribution is 6.30. The van der Waals surface area contributed by atoms with Crippen molar-refractivity contribution >= 4 is 29.1 Å². The van der Waals surface area contributed by atoms with Gasteiger partial charge in [0.25, 0.3) is 0 Å². The summed E-state index contributed by atoms with van der Waals surface area (Å²) in [6.45, 7) is 2.32. The van der Waals surface area contributed by atoms with Crippen LogP contribution in [-0.4, -0.2) is 54.3 Å². The van der Waals surface area contributed by atoms with Gasteiger partial charge >= 0.3 is 0 Å². The number of carbonyl (C=O) groups is 2. The van der Waals surface area contributed by atoms with Gasteiger partial charge in [0.2, 0.25) is 11.8 Å². The number of amides is 2. The fourth-order valence-electron chi connectivity index (χ4n) is 4.34. The summed E-state index contributed by atoms with van der Waals surface area (Å²) >= 11 is 6.04. The largest absolute Gasteiger partial charge is 0.373 e. The molecule has 128 valence electrons. The van der Waals surface area contributed by atoms with Gasteiger partial charge in [-0.15, -0.1) is 0 Å². The number of piperidine rings is 1. The summed E-state index contributed by atoms with van der Waals surface area (Å²) in [5.74, 6) is 0.398. The summed E-state index contributed by atoms with van der Waals surface area (Å²) < 4.78 is 0. The lowest BCUT2D eigenvalue weighted by molar-refractivity contribution is -0.134. The minimum Gasteiger partial charge on any atom is -0.373 e. The van der Waals surface area contributed by atoms with E-state index in [1.54, 1.807) is 0 Å². The number of hydrogen-bond donors (Lipinski definition) is 1. The molecule has 0 radical (unpaired) electrons. The molecule has 0 aromatic heterocycles. The molecule has 1 N–H and O–H groups in total. The average Bonchev–Trinajstić information content (AvgIpc) is 3.08. The normalized spacial score (nSPS) is 25.1. The Morgan fingerprint density at radius 1 is 1.33 bits per heavy atom. The van der Waals surface area contributed by atoms with Crippen LogP contribution in [-0.2, 0) is 16.0 Å². The summed E-state index contributed by atoms with van der Waals surface area (Å²) in [6.07, 6.45) is 3.16. The zero-order valence-corrected chi connectivity index (χ0v) is 14.6. The molecule has 3 aliphatic rings. The lowest BCUT2D eigenvalue weighted by Gasteiger charge is -2.39. The average molecular weight is 348 g/mol. The Morgan fingerprint density at radius 3 is 2.75 bits per heavy atom. The fourth-order valence-corrected chi connectivity index (χ4v) is 4.53. The maximum absolute atomic E-state index is 12.8. The van der Waals surface area contributed by atoms with Crippen LogP contribution in [0.15, 0.2) is 18.2 Å². The van der Waals surface area contributed by atoms with E-state index < -0.39 is 0 Å². The molecule has 5 nitrogen and oxygen atoms in total. The van der Waals surface area contributed by atoms with Gasteiger partial charge in [0.1, 0.15) is 6.04 Å². The van der Waals surface area contributed by atoms with Crippen LogP contribution in [0, 0.1) is 5.41 Å². The molecule has 1 spiro atoms. The van der Waals surface area contributed by atoms with Crippen LogP contribution >= 0.6 is 11.6 Å². The van der Waals surface area contributed by atoms with E-state index in [4.69, 9.17) is 11.6 Å². The van der Waals surface area contributed by atoms with Gasteiger partial charge < -0.3 is 15.1 Å². The second-order valence-corrected chi connectivity index (χ2v) is 7.89. The minimum absolute atomic E-state index is 0.0855. The number of nitrogens with one attached hydrogen (secondary N) is 1. The second-order valence-electron chi connectivity index (χ2n) is 7.45. The topological polar surface area (TPSA) is 52.6 Å². The third-order valence-electron chi connectivity index (χ3n) is 5.78. The molecule has 0 aliphatic carbocycles. The zero-order valence-electron chi connectivity index (χ0n) is 13.8. The Labute approximate surface area is 146 Å². The number of halogens is 1. The van der Waals surface area contributed by atoms with Gasteiger partial charge in [-0.3, -0.25) is 9.59 Å². The first-order chi connectivity index (χ1) is 11.5. The highest BCUT2D eigenvalue weighted by atomic mass is 35.5. The van der Waals surface area contributed by atoms with Crippen molar-refractivity contribution < 1.29 is 9.59 Å². The Bertz CT molecular complexity index is 698. The van der Waals surface area contributed by atoms with E-state index in [2.05, 4.69) is 5.32 Å². The molecule has 2 fully saturated rings. The van der Waals surface area contributed by atoms with Gasteiger partial charge in [-0.25, -0.2) is 0 Å². The van der Waals surface area contributed by atoms with E-state index in [1.165, 1.54) is 0 Å². The van der Waals surface area contributed by atoms with E-state index in [0.29, 0.717) is 17.9 Å². The molecule has 0 saturated carbocycles. The molecule has 0 bridgehead atoms. The number of benzene rings is 1. The Morgan fingerprint density at radius 2 is 2.08 bits per heavy atom. The molecular formula is C18H22ClN3O2. The summed E-state index contributed by atoms with van der Waals surface area (Å²) in [6, 6.07) is 5.53. The standard InChI is InChI=1S/C18H22ClN3O2/c1-21-11-18(10-16(21)23)4-6-22(7-5-18)17(24)15-9-12-8-13(19)2-3-14(12)20-15/h2-3,8,15,20H,4-7,9-11H2,1H3. The second kappa shape index (κ2) is 5.66. The number of hydrogen-bond acceptors (Lipinski definition) is 3. The number of anilines is 1. The predicted molar refractivity (Wildman–Crippen MR) is 93.1 cm³/mol. The van der Waals surface area contributed by atoms with Crippen molar-refractivity contribution in [2.75, 3.05) is 32.0 Å². The maximum atomic E-state index is 12.8. The molecule has 1 aromatic rings. The van der Waals surface area contributed by atoms with Gasteiger partial charge in [0.05, 0.1) is 0 Å². The summed E-state index contributed by atoms with van der Waals surface area (Å²) in [7, 11) is 1.87. The lowest BCUT2D eigenvalue weighted by atomic mass is 9.77. The van der Waals surface area contributed by atoms with E-state index in [-0.39, 0.29) is 23.3 Å². The smallest absolute Gasteiger partial charge is 0.245 e. The lowest BCUT2D eigenvalue weighted by Crippen LogP contribution is -2.49. The third-order valence-corrected chi connectivity index (χ3v) is 6.01. The first-order valence-electron chi connectivity index (χ1n) is 8.54. The minimum atomic E-state index is -0.194. The highest BCUT2D eigenvalue weighted by Gasteiger charge is 2.45. The Kier molecular flexibility index (Phi) is 3.71. The molecule has 1 atom stereocenters. The first-order valence-corrected chi connectivity index (χ1v) is 8.91. The molecule has 4 rings (SSSR count). The highest BCUT2D eigenvalue weighted by Crippen LogP contribution is 2.40. The number of rotatable bonds is 1. The summed E-state index contributed by atoms with van der Waals surface area (Å²) in [5.41, 5.74) is 2.20. The molecule has 6 heteroatoms. The number of fused-ring (bicyclic) bond motifs is 1. The van der Waals surface area contributed by atoms with Crippen LogP contribution in [0.1, 0.15) is 24.8 Å². The van der Waals surface area contributed by atoms with Gasteiger partial charge in [-0.1, -0.05) is 11.6 Å². The molecule has 2 saturated heterocycles. The van der Waals surface area contributed by atoms with Crippen LogP contribution in [0.2, 0.25) is 5.02 Å². The SMILES string of the molecule is CN1CC2(CCN(C(=O)C3Cc4cc(Cl)ccc4N3)CC2)CC1=O. The van der Waals surface area contributed by atoms with E-state index in [0.717, 1.165) is 43.7 Å². The molecule has 1 unspecified atom stereocenters. The summed E-state index contributed by atoms with van der Waals surface area (Å²) in [5, 5.41) is 4.03. The van der Waals surface area contributed by atoms with Crippen LogP contribution in [0.4, 0.5) is 5.69 Å². The maximum Gasteiger partial charge on any atom is 0.245 e. The Hall–Kier alpha value is -1.75. The van der Waals surface area contributed by atoms with Crippen molar-refractivity contribution in [3.63, 3.8) is 0 Å². The molecule has 2 amide bonds. The molecule has 24 heavy (non-hydrogen) atoms. The van der Waals surface area contributed by atoms with Crippen molar-refractivity contribution in [3.05, 3.63) is 28.8 Å². The van der Waals surface area contributed by atoms with Gasteiger partial charge in [0, 0.05) is 55.6 Å². The van der Waals surface area contributed by atoms with Crippen LogP contribution in [0.25, 0.3) is 0 Å². The monoisotopic (exact) mass is 347 g/mol. The summed E-state index contributed by atoms with van der Waals surface area (Å²) in [4.78, 5) is 28.5. The number of likely N-dealkylation sites (tertiary alicyclic amines) is 2. The van der Waals surface area contributed by atoms with Crippen molar-refractivity contribution in [1.82, 2.24) is 9.80 Å². The quantitative estimate of drug-likeness (QED) is 0.847. The van der Waals surface area contributed by atoms with Crippen molar-refractivity contribution in [1.29, 1.82) is 0 Å². The fraction of sp³-hybridized carbons (Fsp3) is 0.556. The van der Waals surface area contributed by atoms with Crippen molar-refractivity contribution in [3.8, 4) is 0 Å². The number of carbonyl (C=O) groups excluding carboxylic acids is 2. The predicted octanol–water partition coefficient (Wildman–Crippen LogP) is 2.15. The Balaban J connectivity index is 1.38. The van der Waals surface area contributed by atoms with Crippen LogP contribution in [0.5, 0.6) is 0 Å². The first kappa shape index (κ1) is 15.8. The van der Waals surface area contributed by atoms with E-state index >= 15 is 0 Å². The molecule has 3 heterocycles. The molecule has 3 aliphatic heterocycles. The van der Waals surface area contributed by atoms with Crippen molar-refractivity contribution in [2.45, 2.75) is 31.7 Å². The van der Waals surface area contributed by atoms with Gasteiger partial charge in [-0.2, -0.15) is 0 Å². The van der Waals surface area contributed by atoms with Crippen LogP contribution in [0.3, 0.4) is 0 Å². The molecule has 1 aromatic carbocycles. The third kappa shape index (κ3) is 2.65. The number of nitrogens with zero attached hydrogens (tertiary/aromatic N) is 2.